The Balaban J connectivity index is 1.77. The number of hydrogen-bond acceptors (Lipinski definition) is 2. The minimum atomic E-state index is 0.140. The zero-order valence-electron chi connectivity index (χ0n) is 13.5. The Morgan fingerprint density at radius 3 is 2.48 bits per heavy atom. The van der Waals surface area contributed by atoms with E-state index < -0.39 is 0 Å². The third kappa shape index (κ3) is 3.78. The maximum atomic E-state index is 12.1. The molecular weight excluding hydrogens is 284 g/mol. The summed E-state index contributed by atoms with van der Waals surface area (Å²) in [5.74, 6) is 7.08. The first-order chi connectivity index (χ1) is 11.0. The Labute approximate surface area is 137 Å². The number of piperidine rings is 1. The number of rotatable bonds is 1. The monoisotopic (exact) mass is 304 g/mol. The highest BCUT2D eigenvalue weighted by Crippen LogP contribution is 2.31. The molecule has 0 saturated carbocycles. The third-order valence-corrected chi connectivity index (χ3v) is 4.05. The molecule has 1 aromatic heterocycles. The summed E-state index contributed by atoms with van der Waals surface area (Å²) < 4.78 is 0. The number of aromatic nitrogens is 1. The van der Waals surface area contributed by atoms with Crippen molar-refractivity contribution in [2.24, 2.45) is 5.41 Å². The Morgan fingerprint density at radius 2 is 1.78 bits per heavy atom. The van der Waals surface area contributed by atoms with E-state index in [1.807, 2.05) is 42.5 Å². The minimum Gasteiger partial charge on any atom is -0.296 e. The standard InChI is InChI=1S/C20H20N2O/c1-20(2)13-12-19(23)22(15-20)18-11-10-17(14-21-18)9-8-16-6-4-3-5-7-16/h3-7,10-11,14H,12-13,15H2,1-2H3. The van der Waals surface area contributed by atoms with Crippen LogP contribution in [0.3, 0.4) is 0 Å². The number of carbonyl (C=O) groups excluding carboxylic acids is 1. The van der Waals surface area contributed by atoms with E-state index in [9.17, 15) is 4.79 Å². The highest BCUT2D eigenvalue weighted by molar-refractivity contribution is 5.93. The van der Waals surface area contributed by atoms with Gasteiger partial charge in [0.1, 0.15) is 5.82 Å². The van der Waals surface area contributed by atoms with Crippen molar-refractivity contribution in [3.8, 4) is 11.8 Å². The van der Waals surface area contributed by atoms with Crippen molar-refractivity contribution in [3.63, 3.8) is 0 Å². The molecule has 1 fully saturated rings. The summed E-state index contributed by atoms with van der Waals surface area (Å²) in [7, 11) is 0. The molecule has 23 heavy (non-hydrogen) atoms. The van der Waals surface area contributed by atoms with Crippen molar-refractivity contribution in [2.75, 3.05) is 11.4 Å². The van der Waals surface area contributed by atoms with Gasteiger partial charge in [-0.2, -0.15) is 0 Å². The van der Waals surface area contributed by atoms with Gasteiger partial charge in [0.2, 0.25) is 5.91 Å². The first kappa shape index (κ1) is 15.3. The van der Waals surface area contributed by atoms with Gasteiger partial charge in [-0.3, -0.25) is 9.69 Å². The van der Waals surface area contributed by atoms with E-state index in [-0.39, 0.29) is 11.3 Å². The molecule has 1 aliphatic rings. The van der Waals surface area contributed by atoms with Crippen LogP contribution in [-0.4, -0.2) is 17.4 Å². The second-order valence-corrected chi connectivity index (χ2v) is 6.67. The average Bonchev–Trinajstić information content (AvgIpc) is 2.57. The van der Waals surface area contributed by atoms with Crippen LogP contribution < -0.4 is 4.90 Å². The lowest BCUT2D eigenvalue weighted by Crippen LogP contribution is -2.44. The molecule has 1 saturated heterocycles. The molecule has 2 heterocycles. The van der Waals surface area contributed by atoms with E-state index in [2.05, 4.69) is 30.7 Å². The van der Waals surface area contributed by atoms with Crippen LogP contribution >= 0.6 is 0 Å². The van der Waals surface area contributed by atoms with Crippen molar-refractivity contribution < 1.29 is 4.79 Å². The lowest BCUT2D eigenvalue weighted by molar-refractivity contribution is -0.121. The molecule has 3 heteroatoms. The number of amides is 1. The molecule has 0 spiro atoms. The van der Waals surface area contributed by atoms with Gasteiger partial charge in [0, 0.05) is 30.3 Å². The molecule has 0 N–H and O–H groups in total. The molecule has 0 unspecified atom stereocenters. The lowest BCUT2D eigenvalue weighted by Gasteiger charge is -2.37. The second kappa shape index (κ2) is 6.26. The number of benzene rings is 1. The molecule has 3 nitrogen and oxygen atoms in total. The number of anilines is 1. The highest BCUT2D eigenvalue weighted by Gasteiger charge is 2.32. The van der Waals surface area contributed by atoms with E-state index in [0.29, 0.717) is 18.8 Å². The van der Waals surface area contributed by atoms with Gasteiger partial charge in [0.15, 0.2) is 0 Å². The molecule has 0 aliphatic carbocycles. The number of carbonyl (C=O) groups is 1. The maximum absolute atomic E-state index is 12.1. The molecule has 1 aliphatic heterocycles. The average molecular weight is 304 g/mol. The Kier molecular flexibility index (Phi) is 4.16. The van der Waals surface area contributed by atoms with E-state index >= 15 is 0 Å². The van der Waals surface area contributed by atoms with Crippen LogP contribution in [-0.2, 0) is 4.79 Å². The Bertz CT molecular complexity index is 752. The van der Waals surface area contributed by atoms with Crippen LogP contribution in [0.15, 0.2) is 48.7 Å². The first-order valence-corrected chi connectivity index (χ1v) is 7.87. The van der Waals surface area contributed by atoms with Crippen LogP contribution in [0, 0.1) is 17.3 Å². The molecule has 3 rings (SSSR count). The molecular formula is C20H20N2O. The molecule has 0 bridgehead atoms. The largest absolute Gasteiger partial charge is 0.296 e. The fourth-order valence-corrected chi connectivity index (χ4v) is 2.67. The Hall–Kier alpha value is -2.60. The van der Waals surface area contributed by atoms with Gasteiger partial charge in [-0.1, -0.05) is 43.9 Å². The zero-order chi connectivity index (χ0) is 16.3. The number of pyridine rings is 1. The summed E-state index contributed by atoms with van der Waals surface area (Å²) >= 11 is 0. The van der Waals surface area contributed by atoms with Gasteiger partial charge in [0.25, 0.3) is 0 Å². The van der Waals surface area contributed by atoms with Gasteiger partial charge in [-0.25, -0.2) is 4.98 Å². The van der Waals surface area contributed by atoms with E-state index in [1.54, 1.807) is 11.1 Å². The predicted molar refractivity (Wildman–Crippen MR) is 92.0 cm³/mol. The first-order valence-electron chi connectivity index (χ1n) is 7.87. The maximum Gasteiger partial charge on any atom is 0.228 e. The van der Waals surface area contributed by atoms with E-state index in [4.69, 9.17) is 0 Å². The quantitative estimate of drug-likeness (QED) is 0.754. The van der Waals surface area contributed by atoms with Crippen LogP contribution in [0.1, 0.15) is 37.8 Å². The van der Waals surface area contributed by atoms with Gasteiger partial charge in [0.05, 0.1) is 0 Å². The SMILES string of the molecule is CC1(C)CCC(=O)N(c2ccc(C#Cc3ccccc3)cn2)C1. The third-order valence-electron chi connectivity index (χ3n) is 4.05. The number of hydrogen-bond donors (Lipinski definition) is 0. The summed E-state index contributed by atoms with van der Waals surface area (Å²) in [5, 5.41) is 0. The summed E-state index contributed by atoms with van der Waals surface area (Å²) in [5.41, 5.74) is 1.97. The fourth-order valence-electron chi connectivity index (χ4n) is 2.67. The van der Waals surface area contributed by atoms with Gasteiger partial charge in [-0.15, -0.1) is 0 Å². The van der Waals surface area contributed by atoms with Crippen LogP contribution in [0.4, 0.5) is 5.82 Å². The van der Waals surface area contributed by atoms with E-state index in [1.165, 1.54) is 0 Å². The summed E-state index contributed by atoms with van der Waals surface area (Å²) in [4.78, 5) is 18.4. The van der Waals surface area contributed by atoms with Crippen molar-refractivity contribution in [1.82, 2.24) is 4.98 Å². The van der Waals surface area contributed by atoms with Gasteiger partial charge in [-0.05, 0) is 36.1 Å². The fraction of sp³-hybridized carbons (Fsp3) is 0.300. The van der Waals surface area contributed by atoms with Crippen molar-refractivity contribution in [1.29, 1.82) is 0 Å². The molecule has 116 valence electrons. The van der Waals surface area contributed by atoms with Gasteiger partial charge < -0.3 is 0 Å². The minimum absolute atomic E-state index is 0.140. The topological polar surface area (TPSA) is 33.2 Å². The molecule has 0 atom stereocenters. The summed E-state index contributed by atoms with van der Waals surface area (Å²) in [6.07, 6.45) is 3.26. The molecule has 1 aromatic carbocycles. The zero-order valence-corrected chi connectivity index (χ0v) is 13.5. The van der Waals surface area contributed by atoms with Crippen LogP contribution in [0.25, 0.3) is 0 Å². The van der Waals surface area contributed by atoms with Crippen LogP contribution in [0.5, 0.6) is 0 Å². The van der Waals surface area contributed by atoms with Crippen molar-refractivity contribution >= 4 is 11.7 Å². The summed E-state index contributed by atoms with van der Waals surface area (Å²) in [6, 6.07) is 13.7. The number of nitrogens with zero attached hydrogens (tertiary/aromatic N) is 2. The molecule has 2 aromatic rings. The predicted octanol–water partition coefficient (Wildman–Crippen LogP) is 3.63. The van der Waals surface area contributed by atoms with E-state index in [0.717, 1.165) is 17.5 Å². The Morgan fingerprint density at radius 1 is 1.04 bits per heavy atom. The lowest BCUT2D eigenvalue weighted by atomic mass is 9.84. The second-order valence-electron chi connectivity index (χ2n) is 6.67. The molecule has 0 radical (unpaired) electrons. The molecule has 1 amide bonds. The normalized spacial score (nSPS) is 16.6. The van der Waals surface area contributed by atoms with Crippen LogP contribution in [0.2, 0.25) is 0 Å². The smallest absolute Gasteiger partial charge is 0.228 e. The van der Waals surface area contributed by atoms with Crippen molar-refractivity contribution in [2.45, 2.75) is 26.7 Å². The van der Waals surface area contributed by atoms with Crippen molar-refractivity contribution in [3.05, 3.63) is 59.8 Å². The van der Waals surface area contributed by atoms with Gasteiger partial charge >= 0.3 is 0 Å². The highest BCUT2D eigenvalue weighted by atomic mass is 16.2. The summed E-state index contributed by atoms with van der Waals surface area (Å²) in [6.45, 7) is 5.09.